The molecule has 100 valence electrons. The summed E-state index contributed by atoms with van der Waals surface area (Å²) < 4.78 is 0. The zero-order valence-electron chi connectivity index (χ0n) is 11.6. The Balaban J connectivity index is 1.65. The van der Waals surface area contributed by atoms with Gasteiger partial charge < -0.3 is 4.90 Å². The lowest BCUT2D eigenvalue weighted by molar-refractivity contribution is 0.0996. The van der Waals surface area contributed by atoms with Gasteiger partial charge >= 0.3 is 0 Å². The Morgan fingerprint density at radius 1 is 1.05 bits per heavy atom. The highest BCUT2D eigenvalue weighted by atomic mass is 16.2. The SMILES string of the molecule is Cc1ccc2c(c1)C(=O)N(c1ccc(C3CC3)cc1)C2. The zero-order chi connectivity index (χ0) is 13.7. The van der Waals surface area contributed by atoms with Crippen molar-refractivity contribution >= 4 is 11.6 Å². The molecule has 1 amide bonds. The Labute approximate surface area is 119 Å². The van der Waals surface area contributed by atoms with Gasteiger partial charge in [0, 0.05) is 11.3 Å². The van der Waals surface area contributed by atoms with E-state index in [1.165, 1.54) is 18.4 Å². The van der Waals surface area contributed by atoms with Crippen LogP contribution in [-0.2, 0) is 6.54 Å². The minimum atomic E-state index is 0.128. The van der Waals surface area contributed by atoms with E-state index in [0.717, 1.165) is 28.3 Å². The highest BCUT2D eigenvalue weighted by Gasteiger charge is 2.29. The first-order valence-corrected chi connectivity index (χ1v) is 7.24. The molecule has 2 aromatic carbocycles. The van der Waals surface area contributed by atoms with E-state index in [0.29, 0.717) is 6.54 Å². The molecule has 0 unspecified atom stereocenters. The van der Waals surface area contributed by atoms with Crippen molar-refractivity contribution in [3.63, 3.8) is 0 Å². The van der Waals surface area contributed by atoms with Gasteiger partial charge in [-0.1, -0.05) is 29.8 Å². The van der Waals surface area contributed by atoms with Gasteiger partial charge in [-0.25, -0.2) is 0 Å². The molecular formula is C18H17NO. The molecule has 0 aromatic heterocycles. The topological polar surface area (TPSA) is 20.3 Å². The van der Waals surface area contributed by atoms with Crippen molar-refractivity contribution in [3.05, 3.63) is 64.7 Å². The van der Waals surface area contributed by atoms with E-state index in [2.05, 4.69) is 36.4 Å². The number of nitrogens with zero attached hydrogens (tertiary/aromatic N) is 1. The number of anilines is 1. The molecule has 2 aliphatic rings. The second-order valence-corrected chi connectivity index (χ2v) is 5.92. The maximum Gasteiger partial charge on any atom is 0.258 e. The lowest BCUT2D eigenvalue weighted by atomic mass is 10.1. The molecule has 2 heteroatoms. The Hall–Kier alpha value is -2.09. The fourth-order valence-corrected chi connectivity index (χ4v) is 2.97. The summed E-state index contributed by atoms with van der Waals surface area (Å²) in [6.07, 6.45) is 2.62. The first-order chi connectivity index (χ1) is 9.72. The number of fused-ring (bicyclic) bond motifs is 1. The van der Waals surface area contributed by atoms with Crippen LogP contribution in [-0.4, -0.2) is 5.91 Å². The van der Waals surface area contributed by atoms with Crippen molar-refractivity contribution in [2.45, 2.75) is 32.2 Å². The maximum atomic E-state index is 12.5. The van der Waals surface area contributed by atoms with Crippen LogP contribution >= 0.6 is 0 Å². The summed E-state index contributed by atoms with van der Waals surface area (Å²) in [5.74, 6) is 0.890. The zero-order valence-corrected chi connectivity index (χ0v) is 11.6. The van der Waals surface area contributed by atoms with Crippen molar-refractivity contribution < 1.29 is 4.79 Å². The molecule has 1 fully saturated rings. The molecule has 0 bridgehead atoms. The summed E-state index contributed by atoms with van der Waals surface area (Å²) in [5, 5.41) is 0. The van der Waals surface area contributed by atoms with Crippen LogP contribution in [0.15, 0.2) is 42.5 Å². The third-order valence-corrected chi connectivity index (χ3v) is 4.32. The van der Waals surface area contributed by atoms with Gasteiger partial charge in [0.2, 0.25) is 0 Å². The highest BCUT2D eigenvalue weighted by Crippen LogP contribution is 2.40. The smallest absolute Gasteiger partial charge is 0.258 e. The minimum absolute atomic E-state index is 0.128. The molecule has 4 rings (SSSR count). The van der Waals surface area contributed by atoms with Crippen LogP contribution in [0.25, 0.3) is 0 Å². The second-order valence-electron chi connectivity index (χ2n) is 5.92. The van der Waals surface area contributed by atoms with E-state index in [4.69, 9.17) is 0 Å². The lowest BCUT2D eigenvalue weighted by Crippen LogP contribution is -2.22. The van der Waals surface area contributed by atoms with Crippen molar-refractivity contribution in [2.75, 3.05) is 4.90 Å². The summed E-state index contributed by atoms with van der Waals surface area (Å²) >= 11 is 0. The minimum Gasteiger partial charge on any atom is -0.304 e. The fourth-order valence-electron chi connectivity index (χ4n) is 2.97. The van der Waals surface area contributed by atoms with E-state index in [9.17, 15) is 4.79 Å². The molecule has 2 aromatic rings. The number of hydrogen-bond donors (Lipinski definition) is 0. The molecule has 0 saturated heterocycles. The standard InChI is InChI=1S/C18H17NO/c1-12-2-3-15-11-19(18(20)17(15)10-12)16-8-6-14(7-9-16)13-4-5-13/h2-3,6-10,13H,4-5,11H2,1H3. The quantitative estimate of drug-likeness (QED) is 0.801. The largest absolute Gasteiger partial charge is 0.304 e. The molecule has 0 N–H and O–H groups in total. The van der Waals surface area contributed by atoms with Gasteiger partial charge in [-0.05, 0) is 55.0 Å². The highest BCUT2D eigenvalue weighted by molar-refractivity contribution is 6.10. The number of aryl methyl sites for hydroxylation is 1. The van der Waals surface area contributed by atoms with Crippen molar-refractivity contribution in [1.82, 2.24) is 0 Å². The molecule has 1 aliphatic carbocycles. The Kier molecular flexibility index (Phi) is 2.46. The Morgan fingerprint density at radius 2 is 1.80 bits per heavy atom. The van der Waals surface area contributed by atoms with E-state index in [1.54, 1.807) is 0 Å². The molecule has 0 radical (unpaired) electrons. The van der Waals surface area contributed by atoms with Gasteiger partial charge in [0.1, 0.15) is 0 Å². The van der Waals surface area contributed by atoms with Crippen molar-refractivity contribution in [1.29, 1.82) is 0 Å². The van der Waals surface area contributed by atoms with Crippen LogP contribution in [0.2, 0.25) is 0 Å². The molecule has 1 heterocycles. The predicted octanol–water partition coefficient (Wildman–Crippen LogP) is 4.03. The fraction of sp³-hybridized carbons (Fsp3) is 0.278. The van der Waals surface area contributed by atoms with Crippen LogP contribution in [0.1, 0.15) is 45.8 Å². The number of hydrogen-bond acceptors (Lipinski definition) is 1. The summed E-state index contributed by atoms with van der Waals surface area (Å²) in [6, 6.07) is 14.7. The van der Waals surface area contributed by atoms with Crippen molar-refractivity contribution in [2.24, 2.45) is 0 Å². The second kappa shape index (κ2) is 4.20. The Bertz CT molecular complexity index is 683. The van der Waals surface area contributed by atoms with Gasteiger partial charge in [-0.15, -0.1) is 0 Å². The van der Waals surface area contributed by atoms with Crippen LogP contribution < -0.4 is 4.90 Å². The molecule has 0 spiro atoms. The van der Waals surface area contributed by atoms with Gasteiger partial charge in [0.25, 0.3) is 5.91 Å². The number of amides is 1. The third-order valence-electron chi connectivity index (χ3n) is 4.32. The monoisotopic (exact) mass is 263 g/mol. The van der Waals surface area contributed by atoms with E-state index in [-0.39, 0.29) is 5.91 Å². The number of carbonyl (C=O) groups excluding carboxylic acids is 1. The van der Waals surface area contributed by atoms with Gasteiger partial charge in [0.05, 0.1) is 6.54 Å². The molecule has 20 heavy (non-hydrogen) atoms. The molecule has 1 saturated carbocycles. The average molecular weight is 263 g/mol. The van der Waals surface area contributed by atoms with Crippen LogP contribution in [0, 0.1) is 6.92 Å². The number of carbonyl (C=O) groups is 1. The normalized spacial score (nSPS) is 17.4. The molecule has 1 aliphatic heterocycles. The van der Waals surface area contributed by atoms with Crippen LogP contribution in [0.5, 0.6) is 0 Å². The summed E-state index contributed by atoms with van der Waals surface area (Å²) in [6.45, 7) is 2.72. The summed E-state index contributed by atoms with van der Waals surface area (Å²) in [5.41, 5.74) is 5.55. The average Bonchev–Trinajstić information content (AvgIpc) is 3.26. The third kappa shape index (κ3) is 1.83. The van der Waals surface area contributed by atoms with Gasteiger partial charge in [-0.3, -0.25) is 4.79 Å². The number of rotatable bonds is 2. The van der Waals surface area contributed by atoms with E-state index in [1.807, 2.05) is 17.9 Å². The lowest BCUT2D eigenvalue weighted by Gasteiger charge is -2.16. The van der Waals surface area contributed by atoms with Gasteiger partial charge in [-0.2, -0.15) is 0 Å². The maximum absolute atomic E-state index is 12.5. The van der Waals surface area contributed by atoms with Gasteiger partial charge in [0.15, 0.2) is 0 Å². The first kappa shape index (κ1) is 11.7. The molecule has 0 atom stereocenters. The summed E-state index contributed by atoms with van der Waals surface area (Å²) in [4.78, 5) is 14.4. The molecule has 2 nitrogen and oxygen atoms in total. The van der Waals surface area contributed by atoms with Crippen LogP contribution in [0.4, 0.5) is 5.69 Å². The predicted molar refractivity (Wildman–Crippen MR) is 80.1 cm³/mol. The first-order valence-electron chi connectivity index (χ1n) is 7.24. The molecular weight excluding hydrogens is 246 g/mol. The summed E-state index contributed by atoms with van der Waals surface area (Å²) in [7, 11) is 0. The van der Waals surface area contributed by atoms with E-state index < -0.39 is 0 Å². The number of benzene rings is 2. The van der Waals surface area contributed by atoms with E-state index >= 15 is 0 Å². The Morgan fingerprint density at radius 3 is 2.50 bits per heavy atom. The van der Waals surface area contributed by atoms with Crippen molar-refractivity contribution in [3.8, 4) is 0 Å². The van der Waals surface area contributed by atoms with Crippen LogP contribution in [0.3, 0.4) is 0 Å².